The molecule has 0 aliphatic rings. The standard InChI is InChI=1S/C13H20N2O5/c1-9-10(2)14-15-12(11(9)13(16)17)20-6-4-5-19-8-7-18-3/h4-8H2,1-3H3,(H,16,17). The number of carboxylic acids is 1. The van der Waals surface area contributed by atoms with Gasteiger partial charge >= 0.3 is 5.97 Å². The molecule has 1 N–H and O–H groups in total. The molecule has 0 aromatic carbocycles. The number of carbonyl (C=O) groups is 1. The molecule has 1 rings (SSSR count). The van der Waals surface area contributed by atoms with Gasteiger partial charge in [-0.05, 0) is 19.4 Å². The smallest absolute Gasteiger partial charge is 0.341 e. The van der Waals surface area contributed by atoms with E-state index in [0.29, 0.717) is 44.1 Å². The molecule has 0 spiro atoms. The maximum atomic E-state index is 11.2. The second-order valence-electron chi connectivity index (χ2n) is 4.20. The van der Waals surface area contributed by atoms with Crippen LogP contribution in [0.4, 0.5) is 0 Å². The Morgan fingerprint density at radius 3 is 2.55 bits per heavy atom. The molecule has 1 heterocycles. The number of ether oxygens (including phenoxy) is 3. The molecule has 112 valence electrons. The highest BCUT2D eigenvalue weighted by molar-refractivity contribution is 5.91. The van der Waals surface area contributed by atoms with Crippen LogP contribution in [-0.2, 0) is 9.47 Å². The van der Waals surface area contributed by atoms with Crippen LogP contribution in [0.3, 0.4) is 0 Å². The topological polar surface area (TPSA) is 90.8 Å². The Morgan fingerprint density at radius 2 is 1.90 bits per heavy atom. The zero-order chi connectivity index (χ0) is 15.0. The van der Waals surface area contributed by atoms with E-state index in [0.717, 1.165) is 0 Å². The lowest BCUT2D eigenvalue weighted by Gasteiger charge is -2.10. The number of rotatable bonds is 9. The van der Waals surface area contributed by atoms with Crippen molar-refractivity contribution in [1.29, 1.82) is 0 Å². The first-order valence-electron chi connectivity index (χ1n) is 6.34. The molecule has 0 amide bonds. The van der Waals surface area contributed by atoms with Crippen LogP contribution in [0.5, 0.6) is 5.88 Å². The van der Waals surface area contributed by atoms with Gasteiger partial charge in [0.05, 0.1) is 25.5 Å². The van der Waals surface area contributed by atoms with Crippen molar-refractivity contribution in [3.63, 3.8) is 0 Å². The highest BCUT2D eigenvalue weighted by Gasteiger charge is 2.18. The van der Waals surface area contributed by atoms with E-state index in [9.17, 15) is 9.90 Å². The summed E-state index contributed by atoms with van der Waals surface area (Å²) in [5, 5.41) is 16.9. The van der Waals surface area contributed by atoms with E-state index in [2.05, 4.69) is 10.2 Å². The number of hydrogen-bond donors (Lipinski definition) is 1. The summed E-state index contributed by atoms with van der Waals surface area (Å²) in [6.45, 7) is 5.32. The van der Waals surface area contributed by atoms with Crippen LogP contribution in [0.25, 0.3) is 0 Å². The molecule has 1 aromatic rings. The summed E-state index contributed by atoms with van der Waals surface area (Å²) in [5.74, 6) is -1.01. The molecule has 7 nitrogen and oxygen atoms in total. The third kappa shape index (κ3) is 4.75. The Balaban J connectivity index is 2.48. The highest BCUT2D eigenvalue weighted by Crippen LogP contribution is 2.20. The van der Waals surface area contributed by atoms with Crippen LogP contribution in [-0.4, -0.2) is 54.8 Å². The number of methoxy groups -OCH3 is 1. The summed E-state index contributed by atoms with van der Waals surface area (Å²) in [5.41, 5.74) is 1.22. The monoisotopic (exact) mass is 284 g/mol. The SMILES string of the molecule is COCCOCCCOc1nnc(C)c(C)c1C(=O)O. The van der Waals surface area contributed by atoms with Gasteiger partial charge in [0.2, 0.25) is 5.88 Å². The summed E-state index contributed by atoms with van der Waals surface area (Å²) < 4.78 is 15.5. The molecule has 0 aliphatic carbocycles. The minimum Gasteiger partial charge on any atom is -0.477 e. The second kappa shape index (κ2) is 8.44. The van der Waals surface area contributed by atoms with Crippen LogP contribution in [0.1, 0.15) is 28.0 Å². The van der Waals surface area contributed by atoms with E-state index in [1.54, 1.807) is 21.0 Å². The summed E-state index contributed by atoms with van der Waals surface area (Å²) in [6, 6.07) is 0. The number of carboxylic acid groups (broad SMARTS) is 1. The van der Waals surface area contributed by atoms with Gasteiger partial charge < -0.3 is 19.3 Å². The van der Waals surface area contributed by atoms with E-state index >= 15 is 0 Å². The number of aromatic carboxylic acids is 1. The fraction of sp³-hybridized carbons (Fsp3) is 0.615. The van der Waals surface area contributed by atoms with E-state index in [1.807, 2.05) is 0 Å². The third-order valence-electron chi connectivity index (χ3n) is 2.74. The van der Waals surface area contributed by atoms with Crippen LogP contribution < -0.4 is 4.74 Å². The molecule has 0 aliphatic heterocycles. The molecule has 0 saturated carbocycles. The average Bonchev–Trinajstić information content (AvgIpc) is 2.41. The maximum absolute atomic E-state index is 11.2. The van der Waals surface area contributed by atoms with Gasteiger partial charge in [-0.25, -0.2) is 4.79 Å². The average molecular weight is 284 g/mol. The second-order valence-corrected chi connectivity index (χ2v) is 4.20. The van der Waals surface area contributed by atoms with E-state index in [-0.39, 0.29) is 11.4 Å². The number of nitrogens with zero attached hydrogens (tertiary/aromatic N) is 2. The van der Waals surface area contributed by atoms with Crippen molar-refractivity contribution in [3.05, 3.63) is 16.8 Å². The van der Waals surface area contributed by atoms with Crippen molar-refractivity contribution in [2.45, 2.75) is 20.3 Å². The summed E-state index contributed by atoms with van der Waals surface area (Å²) in [7, 11) is 1.61. The van der Waals surface area contributed by atoms with Gasteiger partial charge in [0.1, 0.15) is 5.56 Å². The Bertz CT molecular complexity index is 451. The van der Waals surface area contributed by atoms with Gasteiger partial charge in [-0.15, -0.1) is 5.10 Å². The first-order valence-corrected chi connectivity index (χ1v) is 6.34. The summed E-state index contributed by atoms with van der Waals surface area (Å²) in [6.07, 6.45) is 0.636. The molecule has 0 saturated heterocycles. The highest BCUT2D eigenvalue weighted by atomic mass is 16.5. The van der Waals surface area contributed by atoms with Crippen molar-refractivity contribution in [2.24, 2.45) is 0 Å². The predicted octanol–water partition coefficient (Wildman–Crippen LogP) is 1.22. The van der Waals surface area contributed by atoms with Crippen LogP contribution in [0, 0.1) is 13.8 Å². The van der Waals surface area contributed by atoms with Crippen molar-refractivity contribution >= 4 is 5.97 Å². The van der Waals surface area contributed by atoms with Gasteiger partial charge in [0.25, 0.3) is 0 Å². The van der Waals surface area contributed by atoms with Crippen molar-refractivity contribution < 1.29 is 24.1 Å². The van der Waals surface area contributed by atoms with Crippen molar-refractivity contribution in [2.75, 3.05) is 33.5 Å². The van der Waals surface area contributed by atoms with Crippen LogP contribution >= 0.6 is 0 Å². The molecule has 1 aromatic heterocycles. The molecule has 0 fully saturated rings. The molecule has 0 atom stereocenters. The molecule has 7 heteroatoms. The molecule has 0 unspecified atom stereocenters. The molecule has 0 bridgehead atoms. The Hall–Kier alpha value is -1.73. The van der Waals surface area contributed by atoms with E-state index < -0.39 is 5.97 Å². The van der Waals surface area contributed by atoms with E-state index in [4.69, 9.17) is 14.2 Å². The molecule has 20 heavy (non-hydrogen) atoms. The largest absolute Gasteiger partial charge is 0.477 e. The first-order chi connectivity index (χ1) is 9.57. The fourth-order valence-electron chi connectivity index (χ4n) is 1.51. The number of aromatic nitrogens is 2. The zero-order valence-electron chi connectivity index (χ0n) is 12.0. The van der Waals surface area contributed by atoms with Gasteiger partial charge in [-0.2, -0.15) is 5.10 Å². The van der Waals surface area contributed by atoms with Crippen LogP contribution in [0.15, 0.2) is 0 Å². The minimum atomic E-state index is -1.06. The molecular formula is C13H20N2O5. The maximum Gasteiger partial charge on any atom is 0.341 e. The normalized spacial score (nSPS) is 10.6. The molecule has 0 radical (unpaired) electrons. The fourth-order valence-corrected chi connectivity index (χ4v) is 1.51. The zero-order valence-corrected chi connectivity index (χ0v) is 12.0. The van der Waals surface area contributed by atoms with Gasteiger partial charge in [0, 0.05) is 20.1 Å². The lowest BCUT2D eigenvalue weighted by Crippen LogP contribution is -2.12. The Labute approximate surface area is 117 Å². The minimum absolute atomic E-state index is 0.0532. The quantitative estimate of drug-likeness (QED) is 0.682. The lowest BCUT2D eigenvalue weighted by atomic mass is 10.1. The third-order valence-corrected chi connectivity index (χ3v) is 2.74. The predicted molar refractivity (Wildman–Crippen MR) is 71.3 cm³/mol. The van der Waals surface area contributed by atoms with Crippen molar-refractivity contribution in [3.8, 4) is 5.88 Å². The van der Waals surface area contributed by atoms with Gasteiger partial charge in [0.15, 0.2) is 0 Å². The van der Waals surface area contributed by atoms with Gasteiger partial charge in [-0.1, -0.05) is 0 Å². The number of aryl methyl sites for hydroxylation is 1. The summed E-state index contributed by atoms with van der Waals surface area (Å²) >= 11 is 0. The Morgan fingerprint density at radius 1 is 1.15 bits per heavy atom. The lowest BCUT2D eigenvalue weighted by molar-refractivity contribution is 0.0633. The first kappa shape index (κ1) is 16.3. The number of hydrogen-bond acceptors (Lipinski definition) is 6. The summed E-state index contributed by atoms with van der Waals surface area (Å²) in [4.78, 5) is 11.2. The Kier molecular flexibility index (Phi) is 6.89. The van der Waals surface area contributed by atoms with Crippen molar-refractivity contribution in [1.82, 2.24) is 10.2 Å². The van der Waals surface area contributed by atoms with Gasteiger partial charge in [-0.3, -0.25) is 0 Å². The molecular weight excluding hydrogens is 264 g/mol. The van der Waals surface area contributed by atoms with E-state index in [1.165, 1.54) is 0 Å². The van der Waals surface area contributed by atoms with Crippen LogP contribution in [0.2, 0.25) is 0 Å².